The van der Waals surface area contributed by atoms with Gasteiger partial charge in [0, 0.05) is 0 Å². The highest BCUT2D eigenvalue weighted by Gasteiger charge is 2.17. The molecule has 0 fully saturated rings. The molecule has 3 nitrogen and oxygen atoms in total. The van der Waals surface area contributed by atoms with Crippen molar-refractivity contribution in [1.29, 1.82) is 0 Å². The Balaban J connectivity index is 2.38. The molecule has 0 unspecified atom stereocenters. The van der Waals surface area contributed by atoms with E-state index in [2.05, 4.69) is 0 Å². The van der Waals surface area contributed by atoms with Gasteiger partial charge in [-0.1, -0.05) is 35.9 Å². The van der Waals surface area contributed by atoms with Gasteiger partial charge in [0.15, 0.2) is 5.78 Å². The first-order chi connectivity index (χ1) is 9.50. The summed E-state index contributed by atoms with van der Waals surface area (Å²) in [5.74, 6) is -0.451. The molecule has 0 bridgehead atoms. The maximum atomic E-state index is 12.1. The molecule has 0 spiro atoms. The normalized spacial score (nSPS) is 10.2. The Morgan fingerprint density at radius 3 is 2.30 bits per heavy atom. The van der Waals surface area contributed by atoms with Crippen molar-refractivity contribution in [1.82, 2.24) is 0 Å². The fourth-order valence-electron chi connectivity index (χ4n) is 1.84. The van der Waals surface area contributed by atoms with Gasteiger partial charge in [-0.3, -0.25) is 4.79 Å². The van der Waals surface area contributed by atoms with Crippen molar-refractivity contribution >= 4 is 23.4 Å². The zero-order valence-electron chi connectivity index (χ0n) is 11.1. The Kier molecular flexibility index (Phi) is 4.20. The lowest BCUT2D eigenvalue weighted by atomic mass is 10.1. The zero-order chi connectivity index (χ0) is 14.7. The molecule has 0 aliphatic heterocycles. The van der Waals surface area contributed by atoms with Crippen molar-refractivity contribution in [2.45, 2.75) is 13.8 Å². The van der Waals surface area contributed by atoms with Gasteiger partial charge < -0.3 is 4.74 Å². The number of hydrogen-bond acceptors (Lipinski definition) is 3. The molecule has 0 heterocycles. The fraction of sp³-hybridized carbons (Fsp3) is 0.125. The van der Waals surface area contributed by atoms with E-state index in [1.165, 1.54) is 6.92 Å². The lowest BCUT2D eigenvalue weighted by molar-refractivity contribution is 0.0731. The van der Waals surface area contributed by atoms with Crippen LogP contribution < -0.4 is 4.74 Å². The first kappa shape index (κ1) is 14.3. The maximum Gasteiger partial charge on any atom is 0.345 e. The van der Waals surface area contributed by atoms with E-state index < -0.39 is 5.97 Å². The van der Waals surface area contributed by atoms with Crippen LogP contribution in [0.2, 0.25) is 5.02 Å². The van der Waals surface area contributed by atoms with Gasteiger partial charge in [-0.15, -0.1) is 0 Å². The van der Waals surface area contributed by atoms with Gasteiger partial charge in [0.05, 0.1) is 16.1 Å². The molecule has 0 amide bonds. The predicted molar refractivity (Wildman–Crippen MR) is 77.6 cm³/mol. The van der Waals surface area contributed by atoms with Crippen LogP contribution in [0, 0.1) is 6.92 Å². The van der Waals surface area contributed by atoms with Crippen molar-refractivity contribution in [2.75, 3.05) is 0 Å². The van der Waals surface area contributed by atoms with E-state index in [4.69, 9.17) is 16.3 Å². The number of halogens is 1. The first-order valence-electron chi connectivity index (χ1n) is 6.08. The standard InChI is InChI=1S/C16H13ClO3/c1-10-6-5-8-12(11(2)18)15(10)20-16(19)13-7-3-4-9-14(13)17/h3-9H,1-2H3. The van der Waals surface area contributed by atoms with Crippen LogP contribution in [0.15, 0.2) is 42.5 Å². The number of para-hydroxylation sites is 1. The first-order valence-corrected chi connectivity index (χ1v) is 6.45. The summed E-state index contributed by atoms with van der Waals surface area (Å²) in [7, 11) is 0. The second-order valence-electron chi connectivity index (χ2n) is 4.38. The summed E-state index contributed by atoms with van der Waals surface area (Å²) in [6.07, 6.45) is 0. The van der Waals surface area contributed by atoms with Crippen molar-refractivity contribution < 1.29 is 14.3 Å². The number of carbonyl (C=O) groups excluding carboxylic acids is 2. The number of benzene rings is 2. The Labute approximate surface area is 122 Å². The number of carbonyl (C=O) groups is 2. The molecule has 2 aromatic rings. The van der Waals surface area contributed by atoms with Crippen molar-refractivity contribution in [3.05, 3.63) is 64.2 Å². The van der Waals surface area contributed by atoms with Crippen molar-refractivity contribution in [3.63, 3.8) is 0 Å². The molecule has 0 saturated heterocycles. The van der Waals surface area contributed by atoms with Crippen LogP contribution in [0.3, 0.4) is 0 Å². The minimum atomic E-state index is -0.576. The molecule has 0 saturated carbocycles. The van der Waals surface area contributed by atoms with E-state index >= 15 is 0 Å². The Morgan fingerprint density at radius 1 is 1.00 bits per heavy atom. The number of rotatable bonds is 3. The molecule has 20 heavy (non-hydrogen) atoms. The van der Waals surface area contributed by atoms with Crippen LogP contribution in [-0.2, 0) is 0 Å². The monoisotopic (exact) mass is 288 g/mol. The van der Waals surface area contributed by atoms with E-state index in [1.807, 2.05) is 0 Å². The molecule has 0 aliphatic carbocycles. The number of hydrogen-bond donors (Lipinski definition) is 0. The maximum absolute atomic E-state index is 12.1. The van der Waals surface area contributed by atoms with E-state index in [0.29, 0.717) is 10.6 Å². The number of Topliss-reactive ketones (excluding diaryl/α,β-unsaturated/α-hetero) is 1. The van der Waals surface area contributed by atoms with E-state index in [-0.39, 0.29) is 17.1 Å². The molecular formula is C16H13ClO3. The lowest BCUT2D eigenvalue weighted by Crippen LogP contribution is -2.12. The van der Waals surface area contributed by atoms with E-state index in [9.17, 15) is 9.59 Å². The van der Waals surface area contributed by atoms with Gasteiger partial charge in [0.25, 0.3) is 0 Å². The second-order valence-corrected chi connectivity index (χ2v) is 4.78. The molecule has 0 aromatic heterocycles. The molecule has 0 N–H and O–H groups in total. The molecule has 2 aromatic carbocycles. The highest BCUT2D eigenvalue weighted by Crippen LogP contribution is 2.26. The summed E-state index contributed by atoms with van der Waals surface area (Å²) in [6, 6.07) is 11.8. The summed E-state index contributed by atoms with van der Waals surface area (Å²) < 4.78 is 5.36. The molecule has 102 valence electrons. The largest absolute Gasteiger partial charge is 0.422 e. The van der Waals surface area contributed by atoms with Gasteiger partial charge in [0.1, 0.15) is 5.75 Å². The summed E-state index contributed by atoms with van der Waals surface area (Å²) in [6.45, 7) is 3.21. The van der Waals surface area contributed by atoms with Gasteiger partial charge >= 0.3 is 5.97 Å². The molecular weight excluding hydrogens is 276 g/mol. The lowest BCUT2D eigenvalue weighted by Gasteiger charge is -2.11. The summed E-state index contributed by atoms with van der Waals surface area (Å²) in [5, 5.41) is 0.315. The van der Waals surface area contributed by atoms with Gasteiger partial charge in [-0.25, -0.2) is 4.79 Å². The third-order valence-electron chi connectivity index (χ3n) is 2.88. The molecule has 4 heteroatoms. The highest BCUT2D eigenvalue weighted by atomic mass is 35.5. The van der Waals surface area contributed by atoms with E-state index in [0.717, 1.165) is 5.56 Å². The summed E-state index contributed by atoms with van der Waals surface area (Å²) >= 11 is 5.96. The Morgan fingerprint density at radius 2 is 1.65 bits per heavy atom. The van der Waals surface area contributed by atoms with Crippen LogP contribution in [0.25, 0.3) is 0 Å². The van der Waals surface area contributed by atoms with Gasteiger partial charge in [0.2, 0.25) is 0 Å². The third kappa shape index (κ3) is 2.89. The van der Waals surface area contributed by atoms with Gasteiger partial charge in [-0.2, -0.15) is 0 Å². The third-order valence-corrected chi connectivity index (χ3v) is 3.21. The predicted octanol–water partition coefficient (Wildman–Crippen LogP) is 4.07. The summed E-state index contributed by atoms with van der Waals surface area (Å²) in [4.78, 5) is 23.7. The number of ketones is 1. The molecule has 0 radical (unpaired) electrons. The van der Waals surface area contributed by atoms with Crippen LogP contribution in [0.1, 0.15) is 33.2 Å². The Hall–Kier alpha value is -2.13. The molecule has 0 aliphatic rings. The highest BCUT2D eigenvalue weighted by molar-refractivity contribution is 6.33. The van der Waals surface area contributed by atoms with Crippen molar-refractivity contribution in [3.8, 4) is 5.75 Å². The van der Waals surface area contributed by atoms with Crippen LogP contribution in [0.5, 0.6) is 5.75 Å². The SMILES string of the molecule is CC(=O)c1cccc(C)c1OC(=O)c1ccccc1Cl. The average molecular weight is 289 g/mol. The molecule has 2 rings (SSSR count). The number of esters is 1. The second kappa shape index (κ2) is 5.88. The van der Waals surface area contributed by atoms with Gasteiger partial charge in [-0.05, 0) is 37.6 Å². The fourth-order valence-corrected chi connectivity index (χ4v) is 2.05. The minimum Gasteiger partial charge on any atom is -0.422 e. The summed E-state index contributed by atoms with van der Waals surface area (Å²) in [5.41, 5.74) is 1.37. The Bertz CT molecular complexity index is 677. The topological polar surface area (TPSA) is 43.4 Å². The van der Waals surface area contributed by atoms with Crippen LogP contribution in [-0.4, -0.2) is 11.8 Å². The van der Waals surface area contributed by atoms with Crippen LogP contribution in [0.4, 0.5) is 0 Å². The van der Waals surface area contributed by atoms with Crippen molar-refractivity contribution in [2.24, 2.45) is 0 Å². The number of aryl methyl sites for hydroxylation is 1. The van der Waals surface area contributed by atoms with Crippen LogP contribution >= 0.6 is 11.6 Å². The molecule has 0 atom stereocenters. The van der Waals surface area contributed by atoms with E-state index in [1.54, 1.807) is 49.4 Å². The average Bonchev–Trinajstić information content (AvgIpc) is 2.41. The minimum absolute atomic E-state index is 0.157. The smallest absolute Gasteiger partial charge is 0.345 e. The number of ether oxygens (including phenoxy) is 1. The quantitative estimate of drug-likeness (QED) is 0.486. The zero-order valence-corrected chi connectivity index (χ0v) is 11.9.